The maximum Gasteiger partial charge on any atom is 0.238 e. The van der Waals surface area contributed by atoms with Crippen molar-refractivity contribution in [1.82, 2.24) is 4.98 Å². The normalized spacial score (nSPS) is 17.3. The Morgan fingerprint density at radius 2 is 2.18 bits per heavy atom. The summed E-state index contributed by atoms with van der Waals surface area (Å²) in [5.74, 6) is 1.22. The minimum Gasteiger partial charge on any atom is -0.479 e. The molecular formula is C12H19N3O2. The zero-order valence-electron chi connectivity index (χ0n) is 10.3. The highest BCUT2D eigenvalue weighted by Gasteiger charge is 2.36. The molecule has 3 N–H and O–H groups in total. The van der Waals surface area contributed by atoms with Crippen LogP contribution in [0.15, 0.2) is 12.1 Å². The van der Waals surface area contributed by atoms with E-state index in [1.54, 1.807) is 20.3 Å². The van der Waals surface area contributed by atoms with Crippen molar-refractivity contribution < 1.29 is 9.47 Å². The topological polar surface area (TPSA) is 69.4 Å². The average Bonchev–Trinajstić information content (AvgIpc) is 2.30. The first kappa shape index (κ1) is 12.0. The fourth-order valence-corrected chi connectivity index (χ4v) is 1.99. The molecule has 0 aromatic carbocycles. The van der Waals surface area contributed by atoms with Gasteiger partial charge in [0.2, 0.25) is 5.88 Å². The van der Waals surface area contributed by atoms with Gasteiger partial charge < -0.3 is 20.5 Å². The van der Waals surface area contributed by atoms with Crippen LogP contribution in [0.2, 0.25) is 0 Å². The SMILES string of the molecule is COc1nc(NCC2(OC)CCC2)ccc1N. The highest BCUT2D eigenvalue weighted by Crippen LogP contribution is 2.35. The largest absolute Gasteiger partial charge is 0.479 e. The van der Waals surface area contributed by atoms with Crippen LogP contribution in [-0.4, -0.2) is 31.3 Å². The number of anilines is 2. The number of methoxy groups -OCH3 is 2. The van der Waals surface area contributed by atoms with Gasteiger partial charge in [0, 0.05) is 13.7 Å². The van der Waals surface area contributed by atoms with Crippen LogP contribution in [0.25, 0.3) is 0 Å². The van der Waals surface area contributed by atoms with E-state index in [4.69, 9.17) is 15.2 Å². The number of pyridine rings is 1. The first-order chi connectivity index (χ1) is 8.19. The third kappa shape index (κ3) is 2.44. The van der Waals surface area contributed by atoms with E-state index in [1.807, 2.05) is 6.07 Å². The number of nitrogens with zero attached hydrogens (tertiary/aromatic N) is 1. The van der Waals surface area contributed by atoms with Crippen molar-refractivity contribution in [2.24, 2.45) is 0 Å². The predicted octanol–water partition coefficient (Wildman–Crippen LogP) is 1.65. The predicted molar refractivity (Wildman–Crippen MR) is 67.3 cm³/mol. The zero-order valence-corrected chi connectivity index (χ0v) is 10.3. The summed E-state index contributed by atoms with van der Waals surface area (Å²) in [5.41, 5.74) is 6.23. The van der Waals surface area contributed by atoms with Crippen molar-refractivity contribution in [3.63, 3.8) is 0 Å². The molecule has 1 aromatic rings. The van der Waals surface area contributed by atoms with E-state index in [9.17, 15) is 0 Å². The number of ether oxygens (including phenoxy) is 2. The van der Waals surface area contributed by atoms with Crippen LogP contribution in [0, 0.1) is 0 Å². The van der Waals surface area contributed by atoms with Crippen molar-refractivity contribution in [2.45, 2.75) is 24.9 Å². The van der Waals surface area contributed by atoms with E-state index in [-0.39, 0.29) is 5.60 Å². The van der Waals surface area contributed by atoms with Crippen LogP contribution >= 0.6 is 0 Å². The van der Waals surface area contributed by atoms with Gasteiger partial charge in [-0.1, -0.05) is 0 Å². The van der Waals surface area contributed by atoms with Crippen molar-refractivity contribution >= 4 is 11.5 Å². The maximum atomic E-state index is 5.71. The lowest BCUT2D eigenvalue weighted by molar-refractivity contribution is -0.0601. The summed E-state index contributed by atoms with van der Waals surface area (Å²) in [5, 5.41) is 3.27. The summed E-state index contributed by atoms with van der Waals surface area (Å²) in [4.78, 5) is 4.27. The fraction of sp³-hybridized carbons (Fsp3) is 0.583. The Kier molecular flexibility index (Phi) is 3.38. The summed E-state index contributed by atoms with van der Waals surface area (Å²) in [7, 11) is 3.32. The molecule has 0 bridgehead atoms. The summed E-state index contributed by atoms with van der Waals surface area (Å²) < 4.78 is 10.6. The standard InChI is InChI=1S/C12H19N3O2/c1-16-11-9(13)4-5-10(15-11)14-8-12(17-2)6-3-7-12/h4-5H,3,6-8,13H2,1-2H3,(H,14,15). The lowest BCUT2D eigenvalue weighted by Crippen LogP contribution is -2.45. The zero-order chi connectivity index (χ0) is 12.3. The first-order valence-corrected chi connectivity index (χ1v) is 5.79. The molecule has 0 saturated heterocycles. The monoisotopic (exact) mass is 237 g/mol. The number of hydrogen-bond acceptors (Lipinski definition) is 5. The Hall–Kier alpha value is -1.49. The van der Waals surface area contributed by atoms with Gasteiger partial charge >= 0.3 is 0 Å². The molecular weight excluding hydrogens is 218 g/mol. The van der Waals surface area contributed by atoms with Crippen LogP contribution in [0.3, 0.4) is 0 Å². The summed E-state index contributed by atoms with van der Waals surface area (Å²) in [6.07, 6.45) is 3.43. The van der Waals surface area contributed by atoms with Gasteiger partial charge in [0.05, 0.1) is 18.4 Å². The molecule has 0 amide bonds. The van der Waals surface area contributed by atoms with E-state index in [0.717, 1.165) is 25.2 Å². The first-order valence-electron chi connectivity index (χ1n) is 5.79. The molecule has 1 fully saturated rings. The van der Waals surface area contributed by atoms with Crippen LogP contribution in [0.4, 0.5) is 11.5 Å². The van der Waals surface area contributed by atoms with Gasteiger partial charge in [0.15, 0.2) is 0 Å². The minimum atomic E-state index is -0.0176. The lowest BCUT2D eigenvalue weighted by Gasteiger charge is -2.40. The molecule has 5 heteroatoms. The molecule has 5 nitrogen and oxygen atoms in total. The molecule has 17 heavy (non-hydrogen) atoms. The van der Waals surface area contributed by atoms with E-state index in [2.05, 4.69) is 10.3 Å². The van der Waals surface area contributed by atoms with Gasteiger partial charge in [-0.2, -0.15) is 4.98 Å². The summed E-state index contributed by atoms with van der Waals surface area (Å²) in [6.45, 7) is 0.767. The van der Waals surface area contributed by atoms with Crippen LogP contribution in [0.1, 0.15) is 19.3 Å². The molecule has 0 aliphatic heterocycles. The second kappa shape index (κ2) is 4.79. The van der Waals surface area contributed by atoms with Gasteiger partial charge in [0.1, 0.15) is 5.82 Å². The number of nitrogens with one attached hydrogen (secondary N) is 1. The highest BCUT2D eigenvalue weighted by molar-refractivity contribution is 5.53. The third-order valence-electron chi connectivity index (χ3n) is 3.37. The quantitative estimate of drug-likeness (QED) is 0.815. The number of nitrogens with two attached hydrogens (primary N) is 1. The molecule has 1 saturated carbocycles. The Balaban J connectivity index is 1.99. The Labute approximate surface area is 101 Å². The van der Waals surface area contributed by atoms with Gasteiger partial charge in [-0.15, -0.1) is 0 Å². The van der Waals surface area contributed by atoms with Gasteiger partial charge in [-0.05, 0) is 31.4 Å². The maximum absolute atomic E-state index is 5.71. The van der Waals surface area contributed by atoms with Crippen molar-refractivity contribution in [2.75, 3.05) is 31.8 Å². The van der Waals surface area contributed by atoms with Crippen LogP contribution < -0.4 is 15.8 Å². The summed E-state index contributed by atoms with van der Waals surface area (Å²) in [6, 6.07) is 3.63. The molecule has 1 aromatic heterocycles. The lowest BCUT2D eigenvalue weighted by atomic mass is 9.80. The molecule has 2 rings (SSSR count). The van der Waals surface area contributed by atoms with E-state index in [0.29, 0.717) is 11.6 Å². The number of nitrogen functional groups attached to an aromatic ring is 1. The average molecular weight is 237 g/mol. The Bertz CT molecular complexity index is 386. The Morgan fingerprint density at radius 1 is 1.41 bits per heavy atom. The van der Waals surface area contributed by atoms with Gasteiger partial charge in [0.25, 0.3) is 0 Å². The summed E-state index contributed by atoms with van der Waals surface area (Å²) >= 11 is 0. The molecule has 1 aliphatic rings. The smallest absolute Gasteiger partial charge is 0.238 e. The number of aromatic nitrogens is 1. The van der Waals surface area contributed by atoms with E-state index >= 15 is 0 Å². The van der Waals surface area contributed by atoms with Crippen molar-refractivity contribution in [1.29, 1.82) is 0 Å². The molecule has 1 heterocycles. The minimum absolute atomic E-state index is 0.0176. The Morgan fingerprint density at radius 3 is 2.71 bits per heavy atom. The molecule has 0 atom stereocenters. The van der Waals surface area contributed by atoms with Gasteiger partial charge in [-0.3, -0.25) is 0 Å². The second-order valence-corrected chi connectivity index (χ2v) is 4.39. The van der Waals surface area contributed by atoms with Crippen LogP contribution in [0.5, 0.6) is 5.88 Å². The van der Waals surface area contributed by atoms with Crippen molar-refractivity contribution in [3.8, 4) is 5.88 Å². The van der Waals surface area contributed by atoms with Crippen LogP contribution in [-0.2, 0) is 4.74 Å². The molecule has 94 valence electrons. The molecule has 0 unspecified atom stereocenters. The third-order valence-corrected chi connectivity index (χ3v) is 3.37. The second-order valence-electron chi connectivity index (χ2n) is 4.39. The number of rotatable bonds is 5. The fourth-order valence-electron chi connectivity index (χ4n) is 1.99. The van der Waals surface area contributed by atoms with E-state index < -0.39 is 0 Å². The molecule has 1 aliphatic carbocycles. The number of hydrogen-bond donors (Lipinski definition) is 2. The molecule has 0 radical (unpaired) electrons. The highest BCUT2D eigenvalue weighted by atomic mass is 16.5. The van der Waals surface area contributed by atoms with Gasteiger partial charge in [-0.25, -0.2) is 0 Å². The molecule has 0 spiro atoms. The van der Waals surface area contributed by atoms with Crippen molar-refractivity contribution in [3.05, 3.63) is 12.1 Å². The van der Waals surface area contributed by atoms with E-state index in [1.165, 1.54) is 6.42 Å².